The van der Waals surface area contributed by atoms with Gasteiger partial charge in [-0.05, 0) is 25.3 Å². The third kappa shape index (κ3) is 3.28. The van der Waals surface area contributed by atoms with Gasteiger partial charge in [-0.2, -0.15) is 16.9 Å². The van der Waals surface area contributed by atoms with Crippen LogP contribution in [-0.2, 0) is 4.79 Å². The third-order valence-corrected chi connectivity index (χ3v) is 4.54. The maximum absolute atomic E-state index is 12.5. The molecule has 1 unspecified atom stereocenters. The van der Waals surface area contributed by atoms with Gasteiger partial charge in [0.05, 0.1) is 17.6 Å². The van der Waals surface area contributed by atoms with Gasteiger partial charge in [0.15, 0.2) is 5.15 Å². The highest BCUT2D eigenvalue weighted by atomic mass is 35.5. The van der Waals surface area contributed by atoms with Crippen LogP contribution in [0.2, 0.25) is 5.15 Å². The van der Waals surface area contributed by atoms with E-state index in [0.29, 0.717) is 16.5 Å². The molecule has 118 valence electrons. The topological polar surface area (TPSA) is 51.0 Å². The number of aromatic nitrogens is 3. The van der Waals surface area contributed by atoms with Gasteiger partial charge in [-0.15, -0.1) is 0 Å². The maximum atomic E-state index is 12.5. The lowest BCUT2D eigenvalue weighted by Gasteiger charge is -2.21. The van der Waals surface area contributed by atoms with E-state index in [0.717, 1.165) is 11.4 Å². The number of aryl methyl sites for hydroxylation is 1. The molecule has 5 nitrogen and oxygen atoms in total. The predicted molar refractivity (Wildman–Crippen MR) is 92.1 cm³/mol. The van der Waals surface area contributed by atoms with Gasteiger partial charge in [0.1, 0.15) is 5.69 Å². The highest BCUT2D eigenvalue weighted by molar-refractivity contribution is 7.98. The van der Waals surface area contributed by atoms with Gasteiger partial charge in [0.25, 0.3) is 0 Å². The molecule has 0 radical (unpaired) electrons. The molecule has 22 heavy (non-hydrogen) atoms. The average molecular weight is 339 g/mol. The number of carbonyl (C=O) groups is 1. The number of anilines is 1. The van der Waals surface area contributed by atoms with E-state index in [2.05, 4.69) is 10.1 Å². The molecule has 0 saturated carbocycles. The molecule has 2 aromatic heterocycles. The summed E-state index contributed by atoms with van der Waals surface area (Å²) in [6.45, 7) is 3.77. The summed E-state index contributed by atoms with van der Waals surface area (Å²) in [6.07, 6.45) is 5.36. The van der Waals surface area contributed by atoms with Crippen LogP contribution in [0.4, 0.5) is 5.69 Å². The number of hydrogen-bond acceptors (Lipinski definition) is 4. The van der Waals surface area contributed by atoms with Crippen molar-refractivity contribution in [3.05, 3.63) is 35.4 Å². The zero-order valence-electron chi connectivity index (χ0n) is 13.1. The minimum absolute atomic E-state index is 0.0325. The van der Waals surface area contributed by atoms with E-state index in [9.17, 15) is 4.79 Å². The first kappa shape index (κ1) is 16.8. The van der Waals surface area contributed by atoms with Crippen LogP contribution in [0.3, 0.4) is 0 Å². The zero-order chi connectivity index (χ0) is 16.3. The van der Waals surface area contributed by atoms with Gasteiger partial charge in [-0.3, -0.25) is 9.78 Å². The van der Waals surface area contributed by atoms with Gasteiger partial charge < -0.3 is 4.90 Å². The van der Waals surface area contributed by atoms with Crippen molar-refractivity contribution >= 4 is 35.0 Å². The highest BCUT2D eigenvalue weighted by Gasteiger charge is 2.25. The fourth-order valence-corrected chi connectivity index (χ4v) is 3.33. The molecule has 0 aliphatic carbocycles. The summed E-state index contributed by atoms with van der Waals surface area (Å²) in [6, 6.07) is 3.69. The minimum Gasteiger partial charge on any atom is -0.311 e. The van der Waals surface area contributed by atoms with Gasteiger partial charge >= 0.3 is 0 Å². The number of nitrogens with zero attached hydrogens (tertiary/aromatic N) is 4. The van der Waals surface area contributed by atoms with E-state index in [1.54, 1.807) is 40.8 Å². The maximum Gasteiger partial charge on any atom is 0.230 e. The Labute approximate surface area is 139 Å². The van der Waals surface area contributed by atoms with Crippen molar-refractivity contribution in [3.8, 4) is 5.69 Å². The monoisotopic (exact) mass is 338 g/mol. The first-order valence-electron chi connectivity index (χ1n) is 6.89. The van der Waals surface area contributed by atoms with E-state index in [1.807, 2.05) is 32.2 Å². The third-order valence-electron chi connectivity index (χ3n) is 3.37. The van der Waals surface area contributed by atoms with E-state index < -0.39 is 0 Å². The molecule has 0 fully saturated rings. The zero-order valence-corrected chi connectivity index (χ0v) is 14.6. The summed E-state index contributed by atoms with van der Waals surface area (Å²) in [7, 11) is 1.74. The van der Waals surface area contributed by atoms with Crippen LogP contribution in [0.1, 0.15) is 12.6 Å². The molecule has 2 aromatic rings. The van der Waals surface area contributed by atoms with E-state index in [4.69, 9.17) is 11.6 Å². The second kappa shape index (κ2) is 7.15. The van der Waals surface area contributed by atoms with Crippen molar-refractivity contribution in [2.45, 2.75) is 13.8 Å². The minimum atomic E-state index is -0.0720. The van der Waals surface area contributed by atoms with Gasteiger partial charge in [-0.1, -0.05) is 18.5 Å². The Morgan fingerprint density at radius 3 is 2.86 bits per heavy atom. The quantitative estimate of drug-likeness (QED) is 0.840. The largest absolute Gasteiger partial charge is 0.311 e. The van der Waals surface area contributed by atoms with E-state index in [-0.39, 0.29) is 11.8 Å². The number of carbonyl (C=O) groups excluding carboxylic acids is 1. The lowest BCUT2D eigenvalue weighted by molar-refractivity contribution is -0.120. The Hall–Kier alpha value is -1.53. The molecular formula is C15H19ClN4OS. The SMILES string of the molecule is CSCC(C)C(=O)N(C)c1c(C)nn(-c2cccnc2)c1Cl. The molecule has 2 heterocycles. The number of pyridine rings is 1. The summed E-state index contributed by atoms with van der Waals surface area (Å²) >= 11 is 8.11. The van der Waals surface area contributed by atoms with Crippen LogP contribution < -0.4 is 4.90 Å². The van der Waals surface area contributed by atoms with E-state index >= 15 is 0 Å². The molecule has 0 aromatic carbocycles. The molecule has 1 amide bonds. The smallest absolute Gasteiger partial charge is 0.230 e. The van der Waals surface area contributed by atoms with Crippen LogP contribution in [0.25, 0.3) is 5.69 Å². The molecule has 0 bridgehead atoms. The number of halogens is 1. The van der Waals surface area contributed by atoms with E-state index in [1.165, 1.54) is 0 Å². The summed E-state index contributed by atoms with van der Waals surface area (Å²) in [4.78, 5) is 18.2. The molecular weight excluding hydrogens is 320 g/mol. The number of rotatable bonds is 5. The summed E-state index contributed by atoms with van der Waals surface area (Å²) in [5.74, 6) is 0.735. The summed E-state index contributed by atoms with van der Waals surface area (Å²) < 4.78 is 1.60. The van der Waals surface area contributed by atoms with Crippen LogP contribution >= 0.6 is 23.4 Å². The van der Waals surface area contributed by atoms with Crippen LogP contribution in [0.5, 0.6) is 0 Å². The lowest BCUT2D eigenvalue weighted by Crippen LogP contribution is -2.33. The van der Waals surface area contributed by atoms with Crippen molar-refractivity contribution < 1.29 is 4.79 Å². The number of thioether (sulfide) groups is 1. The Morgan fingerprint density at radius 2 is 2.27 bits per heavy atom. The predicted octanol–water partition coefficient (Wildman–Crippen LogP) is 3.19. The van der Waals surface area contributed by atoms with Crippen LogP contribution in [-0.4, -0.2) is 39.7 Å². The molecule has 0 spiro atoms. The molecule has 0 aliphatic heterocycles. The van der Waals surface area contributed by atoms with Crippen molar-refractivity contribution in [2.24, 2.45) is 5.92 Å². The standard InChI is InChI=1S/C15H19ClN4OS/c1-10(9-22-4)15(21)19(3)13-11(2)18-20(14(13)16)12-6-5-7-17-8-12/h5-8,10H,9H2,1-4H3. The van der Waals surface area contributed by atoms with Gasteiger partial charge in [0.2, 0.25) is 5.91 Å². The highest BCUT2D eigenvalue weighted by Crippen LogP contribution is 2.31. The first-order chi connectivity index (χ1) is 10.5. The molecule has 7 heteroatoms. The Morgan fingerprint density at radius 1 is 1.55 bits per heavy atom. The fourth-order valence-electron chi connectivity index (χ4n) is 2.28. The lowest BCUT2D eigenvalue weighted by atomic mass is 10.2. The Kier molecular flexibility index (Phi) is 5.47. The fraction of sp³-hybridized carbons (Fsp3) is 0.400. The summed E-state index contributed by atoms with van der Waals surface area (Å²) in [5, 5.41) is 4.85. The van der Waals surface area contributed by atoms with Crippen LogP contribution in [0, 0.1) is 12.8 Å². The normalized spacial score (nSPS) is 12.2. The van der Waals surface area contributed by atoms with Crippen molar-refractivity contribution in [2.75, 3.05) is 24.0 Å². The summed E-state index contributed by atoms with van der Waals surface area (Å²) in [5.41, 5.74) is 2.12. The molecule has 1 atom stereocenters. The molecule has 0 saturated heterocycles. The Bertz CT molecular complexity index is 659. The first-order valence-corrected chi connectivity index (χ1v) is 8.66. The average Bonchev–Trinajstić information content (AvgIpc) is 2.82. The van der Waals surface area contributed by atoms with Crippen LogP contribution in [0.15, 0.2) is 24.5 Å². The molecule has 0 aliphatic rings. The molecule has 2 rings (SSSR count). The number of amides is 1. The van der Waals surface area contributed by atoms with Gasteiger partial charge in [0, 0.05) is 24.9 Å². The van der Waals surface area contributed by atoms with Crippen molar-refractivity contribution in [1.29, 1.82) is 0 Å². The molecule has 0 N–H and O–H groups in total. The Balaban J connectivity index is 2.37. The number of hydrogen-bond donors (Lipinski definition) is 0. The van der Waals surface area contributed by atoms with Gasteiger partial charge in [-0.25, -0.2) is 4.68 Å². The van der Waals surface area contributed by atoms with Crippen molar-refractivity contribution in [3.63, 3.8) is 0 Å². The second-order valence-electron chi connectivity index (χ2n) is 5.10. The second-order valence-corrected chi connectivity index (χ2v) is 6.37. The van der Waals surface area contributed by atoms with Crippen molar-refractivity contribution in [1.82, 2.24) is 14.8 Å².